The molecule has 0 bridgehead atoms. The zero-order valence-corrected chi connectivity index (χ0v) is 15.4. The number of carbonyl (C=O) groups excluding carboxylic acids is 3. The third-order valence-electron chi connectivity index (χ3n) is 3.88. The summed E-state index contributed by atoms with van der Waals surface area (Å²) in [7, 11) is 3.20. The highest BCUT2D eigenvalue weighted by Crippen LogP contribution is 2.09. The van der Waals surface area contributed by atoms with Gasteiger partial charge in [0.15, 0.2) is 6.10 Å². The molecule has 0 aliphatic carbocycles. The van der Waals surface area contributed by atoms with Gasteiger partial charge >= 0.3 is 5.97 Å². The lowest BCUT2D eigenvalue weighted by Gasteiger charge is -2.21. The van der Waals surface area contributed by atoms with Gasteiger partial charge in [-0.3, -0.25) is 9.59 Å². The molecule has 0 radical (unpaired) electrons. The summed E-state index contributed by atoms with van der Waals surface area (Å²) in [6.07, 6.45) is 0.722. The number of ether oxygens (including phenoxy) is 1. The molecule has 1 heterocycles. The topological polar surface area (TPSA) is 80.6 Å². The number of amides is 2. The van der Waals surface area contributed by atoms with Crippen molar-refractivity contribution < 1.29 is 19.1 Å². The Morgan fingerprint density at radius 1 is 1.19 bits per heavy atom. The van der Waals surface area contributed by atoms with E-state index in [0.717, 1.165) is 5.56 Å². The van der Waals surface area contributed by atoms with E-state index in [9.17, 15) is 14.4 Å². The minimum Gasteiger partial charge on any atom is -0.448 e. The Kier molecular flexibility index (Phi) is 6.16. The maximum absolute atomic E-state index is 12.3. The number of hydrogen-bond acceptors (Lipinski definition) is 4. The number of rotatable bonds is 6. The second-order valence-corrected chi connectivity index (χ2v) is 6.16. The predicted molar refractivity (Wildman–Crippen MR) is 97.7 cm³/mol. The largest absolute Gasteiger partial charge is 0.448 e. The van der Waals surface area contributed by atoms with Gasteiger partial charge in [-0.1, -0.05) is 17.7 Å². The second-order valence-electron chi connectivity index (χ2n) is 6.16. The second kappa shape index (κ2) is 8.33. The highest BCUT2D eigenvalue weighted by atomic mass is 16.5. The molecule has 7 nitrogen and oxygen atoms in total. The van der Waals surface area contributed by atoms with Gasteiger partial charge in [-0.2, -0.15) is 0 Å². The van der Waals surface area contributed by atoms with Crippen molar-refractivity contribution in [3.8, 4) is 0 Å². The first-order valence-electron chi connectivity index (χ1n) is 8.21. The van der Waals surface area contributed by atoms with Gasteiger partial charge in [-0.05, 0) is 38.1 Å². The van der Waals surface area contributed by atoms with E-state index in [0.29, 0.717) is 11.4 Å². The van der Waals surface area contributed by atoms with Crippen LogP contribution in [-0.2, 0) is 21.4 Å². The molecule has 26 heavy (non-hydrogen) atoms. The molecule has 0 aliphatic rings. The Balaban J connectivity index is 1.87. The van der Waals surface area contributed by atoms with Crippen molar-refractivity contribution in [2.24, 2.45) is 7.05 Å². The molecule has 2 rings (SSSR count). The van der Waals surface area contributed by atoms with Crippen LogP contribution in [0.4, 0.5) is 5.69 Å². The summed E-state index contributed by atoms with van der Waals surface area (Å²) in [4.78, 5) is 37.7. The van der Waals surface area contributed by atoms with E-state index in [-0.39, 0.29) is 12.5 Å². The Morgan fingerprint density at radius 2 is 1.85 bits per heavy atom. The van der Waals surface area contributed by atoms with Crippen LogP contribution in [-0.4, -0.2) is 46.9 Å². The average Bonchev–Trinajstić information content (AvgIpc) is 3.02. The van der Waals surface area contributed by atoms with Gasteiger partial charge in [0.1, 0.15) is 5.69 Å². The van der Waals surface area contributed by atoms with E-state index in [4.69, 9.17) is 4.74 Å². The molecule has 0 saturated heterocycles. The van der Waals surface area contributed by atoms with Gasteiger partial charge in [0.05, 0.1) is 6.54 Å². The molecular weight excluding hydrogens is 334 g/mol. The Labute approximate surface area is 152 Å². The van der Waals surface area contributed by atoms with Crippen LogP contribution in [0.3, 0.4) is 0 Å². The van der Waals surface area contributed by atoms with Crippen molar-refractivity contribution in [3.05, 3.63) is 53.9 Å². The highest BCUT2D eigenvalue weighted by Gasteiger charge is 2.24. The number of aromatic nitrogens is 1. The van der Waals surface area contributed by atoms with Gasteiger partial charge in [0, 0.05) is 26.0 Å². The molecule has 0 saturated carbocycles. The van der Waals surface area contributed by atoms with Crippen LogP contribution >= 0.6 is 0 Å². The van der Waals surface area contributed by atoms with E-state index < -0.39 is 18.0 Å². The van der Waals surface area contributed by atoms with Crippen LogP contribution in [0.5, 0.6) is 0 Å². The van der Waals surface area contributed by atoms with Crippen molar-refractivity contribution in [3.63, 3.8) is 0 Å². The third-order valence-corrected chi connectivity index (χ3v) is 3.88. The Hall–Kier alpha value is -3.09. The van der Waals surface area contributed by atoms with Crippen LogP contribution < -0.4 is 5.32 Å². The van der Waals surface area contributed by atoms with Crippen LogP contribution in [0.1, 0.15) is 23.0 Å². The van der Waals surface area contributed by atoms with Crippen molar-refractivity contribution in [2.45, 2.75) is 20.0 Å². The number of hydrogen-bond donors (Lipinski definition) is 1. The minimum absolute atomic E-state index is 0.140. The van der Waals surface area contributed by atoms with Crippen LogP contribution in [0.2, 0.25) is 0 Å². The number of benzene rings is 1. The van der Waals surface area contributed by atoms with Crippen molar-refractivity contribution >= 4 is 23.5 Å². The molecular formula is C19H23N3O4. The molecule has 2 aromatic rings. The monoisotopic (exact) mass is 357 g/mol. The van der Waals surface area contributed by atoms with Crippen molar-refractivity contribution in [1.29, 1.82) is 0 Å². The maximum Gasteiger partial charge on any atom is 0.355 e. The van der Waals surface area contributed by atoms with Crippen LogP contribution in [0.25, 0.3) is 0 Å². The summed E-state index contributed by atoms with van der Waals surface area (Å²) in [6.45, 7) is 3.30. The van der Waals surface area contributed by atoms with E-state index in [1.165, 1.54) is 18.9 Å². The normalized spacial score (nSPS) is 11.5. The minimum atomic E-state index is -0.991. The SMILES string of the molecule is Cc1ccc(NC(=O)CN(C)C(=O)[C@@H](C)OC(=O)c2cccn2C)cc1. The lowest BCUT2D eigenvalue weighted by atomic mass is 10.2. The number of carbonyl (C=O) groups is 3. The van der Waals surface area contributed by atoms with E-state index in [1.54, 1.807) is 42.1 Å². The number of aryl methyl sites for hydroxylation is 2. The van der Waals surface area contributed by atoms with Gasteiger partial charge in [0.2, 0.25) is 5.91 Å². The molecule has 0 unspecified atom stereocenters. The van der Waals surface area contributed by atoms with E-state index >= 15 is 0 Å². The molecule has 7 heteroatoms. The first-order valence-corrected chi connectivity index (χ1v) is 8.21. The zero-order chi connectivity index (χ0) is 19.3. The average molecular weight is 357 g/mol. The fourth-order valence-electron chi connectivity index (χ4n) is 2.39. The molecule has 0 spiro atoms. The first-order chi connectivity index (χ1) is 12.3. The number of likely N-dealkylation sites (N-methyl/N-ethyl adjacent to an activating group) is 1. The summed E-state index contributed by atoms with van der Waals surface area (Å²) in [5.74, 6) is -1.37. The predicted octanol–water partition coefficient (Wildman–Crippen LogP) is 1.98. The molecule has 1 aromatic carbocycles. The van der Waals surface area contributed by atoms with Gasteiger partial charge in [0.25, 0.3) is 5.91 Å². The number of anilines is 1. The van der Waals surface area contributed by atoms with Crippen molar-refractivity contribution in [2.75, 3.05) is 18.9 Å². The molecule has 0 aliphatic heterocycles. The molecule has 138 valence electrons. The summed E-state index contributed by atoms with van der Waals surface area (Å²) < 4.78 is 6.80. The summed E-state index contributed by atoms with van der Waals surface area (Å²) in [6, 6.07) is 10.7. The number of nitrogens with zero attached hydrogens (tertiary/aromatic N) is 2. The summed E-state index contributed by atoms with van der Waals surface area (Å²) in [5, 5.41) is 2.72. The Bertz CT molecular complexity index is 795. The van der Waals surface area contributed by atoms with E-state index in [1.807, 2.05) is 19.1 Å². The van der Waals surface area contributed by atoms with Crippen LogP contribution in [0, 0.1) is 6.92 Å². The summed E-state index contributed by atoms with van der Waals surface area (Å²) >= 11 is 0. The highest BCUT2D eigenvalue weighted by molar-refractivity contribution is 5.96. The molecule has 1 aromatic heterocycles. The summed E-state index contributed by atoms with van der Waals surface area (Å²) in [5.41, 5.74) is 2.10. The fourth-order valence-corrected chi connectivity index (χ4v) is 2.39. The molecule has 0 fully saturated rings. The molecule has 1 N–H and O–H groups in total. The van der Waals surface area contributed by atoms with E-state index in [2.05, 4.69) is 5.32 Å². The lowest BCUT2D eigenvalue weighted by molar-refractivity contribution is -0.140. The van der Waals surface area contributed by atoms with Gasteiger partial charge < -0.3 is 19.5 Å². The molecule has 1 atom stereocenters. The standard InChI is InChI=1S/C19H23N3O4/c1-13-7-9-15(10-8-13)20-17(23)12-22(4)18(24)14(2)26-19(25)16-6-5-11-21(16)3/h5-11,14H,12H2,1-4H3,(H,20,23)/t14-/m1/s1. The van der Waals surface area contributed by atoms with Crippen LogP contribution in [0.15, 0.2) is 42.6 Å². The van der Waals surface area contributed by atoms with Gasteiger partial charge in [-0.15, -0.1) is 0 Å². The fraction of sp³-hybridized carbons (Fsp3) is 0.316. The smallest absolute Gasteiger partial charge is 0.355 e. The maximum atomic E-state index is 12.3. The Morgan fingerprint density at radius 3 is 2.42 bits per heavy atom. The zero-order valence-electron chi connectivity index (χ0n) is 15.4. The lowest BCUT2D eigenvalue weighted by Crippen LogP contribution is -2.41. The number of esters is 1. The third kappa shape index (κ3) is 4.95. The molecule has 2 amide bonds. The number of nitrogens with one attached hydrogen (secondary N) is 1. The first kappa shape index (κ1) is 19.2. The quantitative estimate of drug-likeness (QED) is 0.802. The van der Waals surface area contributed by atoms with Gasteiger partial charge in [-0.25, -0.2) is 4.79 Å². The van der Waals surface area contributed by atoms with Crippen molar-refractivity contribution in [1.82, 2.24) is 9.47 Å².